The smallest absolute Gasteiger partial charge is 0.255 e. The Hall–Kier alpha value is -2.20. The molecule has 0 spiro atoms. The molecule has 0 aromatic heterocycles. The van der Waals surface area contributed by atoms with Crippen LogP contribution in [0.3, 0.4) is 0 Å². The van der Waals surface area contributed by atoms with Crippen molar-refractivity contribution >= 4 is 28.9 Å². The Balaban J connectivity index is 2.27. The molecule has 4 nitrogen and oxygen atoms in total. The molecule has 20 heavy (non-hydrogen) atoms. The number of carbonyl (C=O) groups is 1. The van der Waals surface area contributed by atoms with Gasteiger partial charge in [-0.2, -0.15) is 0 Å². The highest BCUT2D eigenvalue weighted by atomic mass is 35.5. The van der Waals surface area contributed by atoms with Crippen LogP contribution in [0.5, 0.6) is 5.75 Å². The minimum absolute atomic E-state index is 0.238. The van der Waals surface area contributed by atoms with Crippen molar-refractivity contribution in [2.24, 2.45) is 0 Å². The summed E-state index contributed by atoms with van der Waals surface area (Å²) >= 11 is 6.06. The number of methoxy groups -OCH3 is 1. The average molecular weight is 291 g/mol. The molecule has 2 rings (SSSR count). The number of nitrogens with two attached hydrogens (primary N) is 1. The minimum Gasteiger partial charge on any atom is -0.497 e. The lowest BCUT2D eigenvalue weighted by Gasteiger charge is -2.11. The van der Waals surface area contributed by atoms with Crippen molar-refractivity contribution in [1.82, 2.24) is 0 Å². The lowest BCUT2D eigenvalue weighted by molar-refractivity contribution is 0.102. The maximum absolute atomic E-state index is 12.2. The van der Waals surface area contributed by atoms with E-state index < -0.39 is 0 Å². The van der Waals surface area contributed by atoms with E-state index in [0.717, 1.165) is 5.56 Å². The largest absolute Gasteiger partial charge is 0.497 e. The third-order valence-electron chi connectivity index (χ3n) is 2.92. The van der Waals surface area contributed by atoms with E-state index in [9.17, 15) is 4.79 Å². The minimum atomic E-state index is -0.238. The molecule has 1 amide bonds. The molecule has 0 unspecified atom stereocenters. The number of ether oxygens (including phenoxy) is 1. The van der Waals surface area contributed by atoms with E-state index in [1.165, 1.54) is 0 Å². The molecule has 5 heteroatoms. The van der Waals surface area contributed by atoms with Crippen molar-refractivity contribution in [3.63, 3.8) is 0 Å². The maximum Gasteiger partial charge on any atom is 0.255 e. The van der Waals surface area contributed by atoms with Gasteiger partial charge in [0, 0.05) is 17.3 Å². The number of hydrogen-bond acceptors (Lipinski definition) is 3. The predicted octanol–water partition coefficient (Wildman–Crippen LogP) is 3.49. The monoisotopic (exact) mass is 290 g/mol. The van der Waals surface area contributed by atoms with Crippen LogP contribution in [-0.2, 0) is 0 Å². The summed E-state index contributed by atoms with van der Waals surface area (Å²) in [6, 6.07) is 10.2. The Morgan fingerprint density at radius 1 is 1.25 bits per heavy atom. The molecule has 0 saturated carbocycles. The van der Waals surface area contributed by atoms with Gasteiger partial charge in [0.05, 0.1) is 17.8 Å². The van der Waals surface area contributed by atoms with Gasteiger partial charge in [0.2, 0.25) is 0 Å². The number of rotatable bonds is 3. The first-order valence-corrected chi connectivity index (χ1v) is 6.40. The summed E-state index contributed by atoms with van der Waals surface area (Å²) in [7, 11) is 1.55. The second-order valence-electron chi connectivity index (χ2n) is 4.37. The van der Waals surface area contributed by atoms with Gasteiger partial charge in [-0.1, -0.05) is 11.6 Å². The molecule has 3 N–H and O–H groups in total. The van der Waals surface area contributed by atoms with Gasteiger partial charge >= 0.3 is 0 Å². The van der Waals surface area contributed by atoms with Gasteiger partial charge < -0.3 is 15.8 Å². The number of aryl methyl sites for hydroxylation is 1. The number of carbonyl (C=O) groups excluding carboxylic acids is 1. The fraction of sp³-hybridized carbons (Fsp3) is 0.133. The van der Waals surface area contributed by atoms with Crippen LogP contribution in [0, 0.1) is 6.92 Å². The van der Waals surface area contributed by atoms with Gasteiger partial charge in [0.15, 0.2) is 0 Å². The normalized spacial score (nSPS) is 10.2. The van der Waals surface area contributed by atoms with Crippen molar-refractivity contribution in [3.05, 3.63) is 52.5 Å². The van der Waals surface area contributed by atoms with E-state index in [4.69, 9.17) is 22.1 Å². The van der Waals surface area contributed by atoms with E-state index in [1.807, 2.05) is 6.92 Å². The molecule has 0 atom stereocenters. The van der Waals surface area contributed by atoms with Crippen LogP contribution in [0.25, 0.3) is 0 Å². The molecule has 0 heterocycles. The second-order valence-corrected chi connectivity index (χ2v) is 4.78. The van der Waals surface area contributed by atoms with Crippen molar-refractivity contribution in [2.45, 2.75) is 6.92 Å². The molecule has 0 saturated heterocycles. The molecule has 0 bridgehead atoms. The van der Waals surface area contributed by atoms with Crippen LogP contribution in [-0.4, -0.2) is 13.0 Å². The highest BCUT2D eigenvalue weighted by Gasteiger charge is 2.11. The van der Waals surface area contributed by atoms with Crippen LogP contribution < -0.4 is 15.8 Å². The maximum atomic E-state index is 12.2. The molecule has 2 aromatic carbocycles. The van der Waals surface area contributed by atoms with Crippen LogP contribution in [0.15, 0.2) is 36.4 Å². The van der Waals surface area contributed by atoms with Gasteiger partial charge in [-0.25, -0.2) is 0 Å². The van der Waals surface area contributed by atoms with Crippen molar-refractivity contribution in [3.8, 4) is 5.75 Å². The van der Waals surface area contributed by atoms with Gasteiger partial charge in [-0.15, -0.1) is 0 Å². The Kier molecular flexibility index (Phi) is 4.15. The van der Waals surface area contributed by atoms with E-state index in [0.29, 0.717) is 27.7 Å². The third-order valence-corrected chi connectivity index (χ3v) is 3.25. The zero-order valence-electron chi connectivity index (χ0n) is 11.2. The SMILES string of the molecule is COc1ccc(Cl)c(NC(=O)c2ccc(N)cc2C)c1. The summed E-state index contributed by atoms with van der Waals surface area (Å²) < 4.78 is 5.11. The number of halogens is 1. The Labute approximate surface area is 122 Å². The molecule has 0 aliphatic carbocycles. The Morgan fingerprint density at radius 2 is 2.00 bits per heavy atom. The fourth-order valence-electron chi connectivity index (χ4n) is 1.86. The highest BCUT2D eigenvalue weighted by Crippen LogP contribution is 2.27. The van der Waals surface area contributed by atoms with E-state index in [-0.39, 0.29) is 5.91 Å². The fourth-order valence-corrected chi connectivity index (χ4v) is 2.02. The van der Waals surface area contributed by atoms with Crippen molar-refractivity contribution in [1.29, 1.82) is 0 Å². The topological polar surface area (TPSA) is 64.3 Å². The zero-order valence-corrected chi connectivity index (χ0v) is 12.0. The summed E-state index contributed by atoms with van der Waals surface area (Å²) in [5.41, 5.74) is 8.16. The molecule has 104 valence electrons. The summed E-state index contributed by atoms with van der Waals surface area (Å²) in [4.78, 5) is 12.2. The third kappa shape index (κ3) is 3.03. The van der Waals surface area contributed by atoms with Crippen LogP contribution >= 0.6 is 11.6 Å². The van der Waals surface area contributed by atoms with E-state index in [2.05, 4.69) is 5.32 Å². The number of amides is 1. The molecule has 0 aliphatic heterocycles. The molecule has 0 aliphatic rings. The number of nitrogen functional groups attached to an aromatic ring is 1. The van der Waals surface area contributed by atoms with Gasteiger partial charge in [0.25, 0.3) is 5.91 Å². The zero-order chi connectivity index (χ0) is 14.7. The second kappa shape index (κ2) is 5.84. The Bertz CT molecular complexity index is 656. The molecule has 2 aromatic rings. The molecule has 0 fully saturated rings. The van der Waals surface area contributed by atoms with E-state index >= 15 is 0 Å². The first kappa shape index (κ1) is 14.2. The molecular weight excluding hydrogens is 276 g/mol. The van der Waals surface area contributed by atoms with Crippen LogP contribution in [0.2, 0.25) is 5.02 Å². The summed E-state index contributed by atoms with van der Waals surface area (Å²) in [6.07, 6.45) is 0. The lowest BCUT2D eigenvalue weighted by atomic mass is 10.1. The number of hydrogen-bond donors (Lipinski definition) is 2. The van der Waals surface area contributed by atoms with Crippen LogP contribution in [0.4, 0.5) is 11.4 Å². The summed E-state index contributed by atoms with van der Waals surface area (Å²) in [6.45, 7) is 1.83. The van der Waals surface area contributed by atoms with Crippen molar-refractivity contribution < 1.29 is 9.53 Å². The highest BCUT2D eigenvalue weighted by molar-refractivity contribution is 6.34. The predicted molar refractivity (Wildman–Crippen MR) is 81.5 cm³/mol. The summed E-state index contributed by atoms with van der Waals surface area (Å²) in [5.74, 6) is 0.386. The summed E-state index contributed by atoms with van der Waals surface area (Å²) in [5, 5.41) is 3.22. The first-order valence-electron chi connectivity index (χ1n) is 6.02. The molecule has 0 radical (unpaired) electrons. The average Bonchev–Trinajstić information content (AvgIpc) is 2.41. The molecular formula is C15H15ClN2O2. The van der Waals surface area contributed by atoms with Gasteiger partial charge in [-0.05, 0) is 42.8 Å². The number of anilines is 2. The quantitative estimate of drug-likeness (QED) is 0.851. The number of benzene rings is 2. The lowest BCUT2D eigenvalue weighted by Crippen LogP contribution is -2.14. The standard InChI is InChI=1S/C15H15ClN2O2/c1-9-7-10(17)3-5-12(9)15(19)18-14-8-11(20-2)4-6-13(14)16/h3-8H,17H2,1-2H3,(H,18,19). The van der Waals surface area contributed by atoms with Crippen molar-refractivity contribution in [2.75, 3.05) is 18.2 Å². The number of nitrogens with one attached hydrogen (secondary N) is 1. The first-order chi connectivity index (χ1) is 9.51. The van der Waals surface area contributed by atoms with Gasteiger partial charge in [-0.3, -0.25) is 4.79 Å². The van der Waals surface area contributed by atoms with Crippen LogP contribution in [0.1, 0.15) is 15.9 Å². The van der Waals surface area contributed by atoms with Gasteiger partial charge in [0.1, 0.15) is 5.75 Å². The Morgan fingerprint density at radius 3 is 2.65 bits per heavy atom. The van der Waals surface area contributed by atoms with E-state index in [1.54, 1.807) is 43.5 Å².